The van der Waals surface area contributed by atoms with Crippen LogP contribution in [0.2, 0.25) is 10.0 Å². The number of sulfone groups is 1. The maximum atomic E-state index is 15.0. The van der Waals surface area contributed by atoms with Crippen molar-refractivity contribution in [3.05, 3.63) is 106 Å². The SMILES string of the molecule is CC(c1ccccc1)C(F)(F)C(=O)CS(=O)(=O)C(c1ccc(Cl)cc1)c1ccc(Cl)cc1. The number of halogens is 4. The average Bonchev–Trinajstić information content (AvgIpc) is 2.76. The van der Waals surface area contributed by atoms with Crippen LogP contribution in [0, 0.1) is 0 Å². The lowest BCUT2D eigenvalue weighted by Gasteiger charge is -2.24. The summed E-state index contributed by atoms with van der Waals surface area (Å²) < 4.78 is 56.5. The van der Waals surface area contributed by atoms with Crippen LogP contribution >= 0.6 is 23.2 Å². The number of carbonyl (C=O) groups excluding carboxylic acids is 1. The fourth-order valence-corrected chi connectivity index (χ4v) is 5.56. The van der Waals surface area contributed by atoms with E-state index in [9.17, 15) is 22.0 Å². The first-order chi connectivity index (χ1) is 15.0. The van der Waals surface area contributed by atoms with Crippen molar-refractivity contribution in [2.45, 2.75) is 24.0 Å². The molecule has 0 saturated carbocycles. The van der Waals surface area contributed by atoms with Crippen LogP contribution in [0.3, 0.4) is 0 Å². The van der Waals surface area contributed by atoms with Crippen molar-refractivity contribution in [2.24, 2.45) is 0 Å². The smallest absolute Gasteiger partial charge is 0.292 e. The molecule has 8 heteroatoms. The highest BCUT2D eigenvalue weighted by Crippen LogP contribution is 2.37. The largest absolute Gasteiger partial charge is 0.312 e. The number of carbonyl (C=O) groups is 1. The van der Waals surface area contributed by atoms with Crippen LogP contribution in [0.25, 0.3) is 0 Å². The number of hydrogen-bond acceptors (Lipinski definition) is 3. The second-order valence-corrected chi connectivity index (χ2v) is 10.4. The first-order valence-electron chi connectivity index (χ1n) is 9.71. The summed E-state index contributed by atoms with van der Waals surface area (Å²) in [4.78, 5) is 12.6. The van der Waals surface area contributed by atoms with Crippen LogP contribution in [0.4, 0.5) is 8.78 Å². The summed E-state index contributed by atoms with van der Waals surface area (Å²) in [7, 11) is -4.37. The molecule has 3 nitrogen and oxygen atoms in total. The minimum Gasteiger partial charge on any atom is -0.292 e. The molecule has 0 aromatic heterocycles. The van der Waals surface area contributed by atoms with E-state index in [4.69, 9.17) is 23.2 Å². The Hall–Kier alpha value is -2.28. The molecule has 0 bridgehead atoms. The molecule has 32 heavy (non-hydrogen) atoms. The van der Waals surface area contributed by atoms with Gasteiger partial charge in [-0.25, -0.2) is 8.42 Å². The van der Waals surface area contributed by atoms with E-state index in [1.165, 1.54) is 67.6 Å². The molecule has 3 aromatic carbocycles. The molecule has 168 valence electrons. The third kappa shape index (κ3) is 5.37. The molecule has 3 rings (SSSR count). The molecule has 0 aliphatic heterocycles. The molecule has 3 aromatic rings. The van der Waals surface area contributed by atoms with Crippen molar-refractivity contribution in [3.8, 4) is 0 Å². The lowest BCUT2D eigenvalue weighted by Crippen LogP contribution is -2.39. The van der Waals surface area contributed by atoms with Crippen molar-refractivity contribution >= 4 is 38.8 Å². The summed E-state index contributed by atoms with van der Waals surface area (Å²) in [5, 5.41) is -0.551. The monoisotopic (exact) mass is 496 g/mol. The van der Waals surface area contributed by atoms with Crippen molar-refractivity contribution in [1.82, 2.24) is 0 Å². The van der Waals surface area contributed by atoms with E-state index in [0.29, 0.717) is 21.2 Å². The molecule has 0 N–H and O–H groups in total. The van der Waals surface area contributed by atoms with Crippen molar-refractivity contribution in [1.29, 1.82) is 0 Å². The zero-order valence-electron chi connectivity index (χ0n) is 17.0. The molecular formula is C24H20Cl2F2O3S. The van der Waals surface area contributed by atoms with E-state index in [-0.39, 0.29) is 5.56 Å². The van der Waals surface area contributed by atoms with Crippen LogP contribution in [-0.2, 0) is 14.6 Å². The van der Waals surface area contributed by atoms with E-state index >= 15 is 0 Å². The predicted octanol–water partition coefficient (Wildman–Crippen LogP) is 6.51. The molecule has 0 aliphatic carbocycles. The topological polar surface area (TPSA) is 51.2 Å². The van der Waals surface area contributed by atoms with E-state index in [2.05, 4.69) is 0 Å². The van der Waals surface area contributed by atoms with Gasteiger partial charge in [-0.3, -0.25) is 4.79 Å². The Morgan fingerprint density at radius 2 is 1.25 bits per heavy atom. The molecule has 1 atom stereocenters. The van der Waals surface area contributed by atoms with Gasteiger partial charge in [0.25, 0.3) is 0 Å². The van der Waals surface area contributed by atoms with E-state index < -0.39 is 38.5 Å². The predicted molar refractivity (Wildman–Crippen MR) is 123 cm³/mol. The summed E-state index contributed by atoms with van der Waals surface area (Å²) in [5.41, 5.74) is 0.864. The fourth-order valence-electron chi connectivity index (χ4n) is 3.44. The van der Waals surface area contributed by atoms with Gasteiger partial charge in [-0.1, -0.05) is 84.7 Å². The second-order valence-electron chi connectivity index (χ2n) is 7.47. The Morgan fingerprint density at radius 3 is 1.69 bits per heavy atom. The molecule has 1 unspecified atom stereocenters. The molecule has 0 spiro atoms. The molecule has 0 radical (unpaired) electrons. The van der Waals surface area contributed by atoms with Gasteiger partial charge < -0.3 is 0 Å². The molecular weight excluding hydrogens is 477 g/mol. The van der Waals surface area contributed by atoms with Gasteiger partial charge in [-0.15, -0.1) is 0 Å². The standard InChI is InChI=1S/C24H20Cl2F2O3S/c1-16(17-5-3-2-4-6-17)24(27,28)22(29)15-32(30,31)23(18-7-11-20(25)12-8-18)19-9-13-21(26)14-10-19/h2-14,16,23H,15H2,1H3. The first kappa shape index (κ1) is 24.4. The van der Waals surface area contributed by atoms with Gasteiger partial charge in [-0.05, 0) is 41.0 Å². The van der Waals surface area contributed by atoms with Gasteiger partial charge in [0.05, 0.1) is 5.92 Å². The van der Waals surface area contributed by atoms with Gasteiger partial charge in [0.2, 0.25) is 5.78 Å². The summed E-state index contributed by atoms with van der Waals surface area (Å²) in [6, 6.07) is 19.8. The minimum atomic E-state index is -4.37. The number of benzene rings is 3. The second kappa shape index (κ2) is 9.69. The maximum absolute atomic E-state index is 15.0. The number of Topliss-reactive ketones (excluding diaryl/α,β-unsaturated/α-hetero) is 1. The first-order valence-corrected chi connectivity index (χ1v) is 12.2. The highest BCUT2D eigenvalue weighted by molar-refractivity contribution is 7.92. The van der Waals surface area contributed by atoms with Crippen LogP contribution in [0.5, 0.6) is 0 Å². The number of ketones is 1. The third-order valence-electron chi connectivity index (χ3n) is 5.25. The van der Waals surface area contributed by atoms with Crippen LogP contribution in [-0.4, -0.2) is 25.9 Å². The summed E-state index contributed by atoms with van der Waals surface area (Å²) in [6.45, 7) is 1.20. The van der Waals surface area contributed by atoms with Crippen molar-refractivity contribution in [2.75, 3.05) is 5.75 Å². The molecule has 0 fully saturated rings. The molecule has 0 aliphatic rings. The van der Waals surface area contributed by atoms with Crippen LogP contribution < -0.4 is 0 Å². The van der Waals surface area contributed by atoms with Gasteiger partial charge in [0.1, 0.15) is 11.0 Å². The van der Waals surface area contributed by atoms with E-state index in [0.717, 1.165) is 0 Å². The lowest BCUT2D eigenvalue weighted by atomic mass is 9.92. The van der Waals surface area contributed by atoms with Crippen molar-refractivity contribution in [3.63, 3.8) is 0 Å². The third-order valence-corrected chi connectivity index (χ3v) is 7.68. The quantitative estimate of drug-likeness (QED) is 0.357. The molecule has 0 heterocycles. The fraction of sp³-hybridized carbons (Fsp3) is 0.208. The van der Waals surface area contributed by atoms with Gasteiger partial charge in [0, 0.05) is 10.0 Å². The summed E-state index contributed by atoms with van der Waals surface area (Å²) >= 11 is 11.8. The Kier molecular flexibility index (Phi) is 7.38. The Labute approximate surface area is 195 Å². The summed E-state index contributed by atoms with van der Waals surface area (Å²) in [6.07, 6.45) is 0. The van der Waals surface area contributed by atoms with Crippen LogP contribution in [0.15, 0.2) is 78.9 Å². The number of hydrogen-bond donors (Lipinski definition) is 0. The normalized spacial score (nSPS) is 13.2. The minimum absolute atomic E-state index is 0.246. The lowest BCUT2D eigenvalue weighted by molar-refractivity contribution is -0.143. The Bertz CT molecular complexity index is 1130. The summed E-state index contributed by atoms with van der Waals surface area (Å²) in [5.74, 6) is -8.30. The van der Waals surface area contributed by atoms with Crippen LogP contribution in [0.1, 0.15) is 34.8 Å². The van der Waals surface area contributed by atoms with Gasteiger partial charge in [0.15, 0.2) is 9.84 Å². The Morgan fingerprint density at radius 1 is 0.812 bits per heavy atom. The molecule has 0 amide bonds. The number of rotatable bonds is 8. The number of alkyl halides is 2. The zero-order chi connectivity index (χ0) is 23.5. The van der Waals surface area contributed by atoms with Crippen molar-refractivity contribution < 1.29 is 22.0 Å². The molecule has 0 saturated heterocycles. The van der Waals surface area contributed by atoms with Gasteiger partial charge >= 0.3 is 5.92 Å². The highest BCUT2D eigenvalue weighted by Gasteiger charge is 2.47. The average molecular weight is 497 g/mol. The van der Waals surface area contributed by atoms with E-state index in [1.807, 2.05) is 0 Å². The highest BCUT2D eigenvalue weighted by atomic mass is 35.5. The zero-order valence-corrected chi connectivity index (χ0v) is 19.3. The van der Waals surface area contributed by atoms with Gasteiger partial charge in [-0.2, -0.15) is 8.78 Å². The maximum Gasteiger partial charge on any atom is 0.312 e. The van der Waals surface area contributed by atoms with E-state index in [1.54, 1.807) is 18.2 Å². The Balaban J connectivity index is 1.96.